The number of amides is 4. The molecule has 0 aliphatic carbocycles. The molecule has 12 nitrogen and oxygen atoms in total. The van der Waals surface area contributed by atoms with E-state index in [9.17, 15) is 19.2 Å². The van der Waals surface area contributed by atoms with Crippen molar-refractivity contribution in [3.63, 3.8) is 0 Å². The molecule has 1 saturated heterocycles. The molecule has 4 N–H and O–H groups in total. The van der Waals surface area contributed by atoms with Gasteiger partial charge in [0, 0.05) is 25.2 Å². The maximum absolute atomic E-state index is 14.0. The molecule has 260 valence electrons. The Morgan fingerprint density at radius 3 is 2.56 bits per heavy atom. The average Bonchev–Trinajstić information content (AvgIpc) is 3.64. The van der Waals surface area contributed by atoms with Crippen molar-refractivity contribution in [3.05, 3.63) is 101 Å². The van der Waals surface area contributed by atoms with Crippen molar-refractivity contribution in [3.8, 4) is 17.1 Å². The molecule has 2 aliphatic heterocycles. The molecule has 2 aliphatic rings. The Hall–Kier alpha value is -5.52. The molecule has 4 aromatic rings. The molecule has 3 atom stereocenters. The van der Waals surface area contributed by atoms with Gasteiger partial charge in [-0.05, 0) is 73.8 Å². The maximum Gasteiger partial charge on any atom is 0.289 e. The van der Waals surface area contributed by atoms with Gasteiger partial charge in [-0.15, -0.1) is 0 Å². The number of benzene rings is 3. The van der Waals surface area contributed by atoms with Crippen LogP contribution < -0.4 is 20.7 Å². The van der Waals surface area contributed by atoms with Crippen molar-refractivity contribution in [2.24, 2.45) is 5.92 Å². The van der Waals surface area contributed by atoms with Gasteiger partial charge in [0.2, 0.25) is 23.5 Å². The van der Waals surface area contributed by atoms with E-state index in [0.29, 0.717) is 43.9 Å². The Morgan fingerprint density at radius 1 is 0.980 bits per heavy atom. The molecule has 1 unspecified atom stereocenters. The van der Waals surface area contributed by atoms with Gasteiger partial charge in [-0.2, -0.15) is 5.10 Å². The molecule has 4 amide bonds. The van der Waals surface area contributed by atoms with Crippen molar-refractivity contribution in [1.29, 1.82) is 0 Å². The number of carbonyl (C=O) groups is 4. The van der Waals surface area contributed by atoms with Crippen molar-refractivity contribution >= 4 is 23.6 Å². The first-order valence-corrected chi connectivity index (χ1v) is 17.2. The van der Waals surface area contributed by atoms with Crippen LogP contribution in [0, 0.1) is 12.8 Å². The average molecular weight is 678 g/mol. The van der Waals surface area contributed by atoms with E-state index in [-0.39, 0.29) is 36.5 Å². The summed E-state index contributed by atoms with van der Waals surface area (Å²) >= 11 is 0. The van der Waals surface area contributed by atoms with Gasteiger partial charge in [-0.25, -0.2) is 4.98 Å². The van der Waals surface area contributed by atoms with E-state index in [1.807, 2.05) is 85.8 Å². The topological polar surface area (TPSA) is 158 Å². The lowest BCUT2D eigenvalue weighted by Crippen LogP contribution is -2.55. The highest BCUT2D eigenvalue weighted by atomic mass is 16.5. The zero-order chi connectivity index (χ0) is 34.9. The number of aryl methyl sites for hydroxylation is 2. The number of rotatable bonds is 6. The number of carbonyl (C=O) groups excluding carboxylic acids is 4. The van der Waals surface area contributed by atoms with E-state index >= 15 is 0 Å². The number of fused-ring (bicyclic) bond motifs is 4. The number of ether oxygens (including phenoxy) is 1. The Balaban J connectivity index is 1.26. The Morgan fingerprint density at radius 2 is 1.76 bits per heavy atom. The van der Waals surface area contributed by atoms with Crippen LogP contribution in [0.4, 0.5) is 0 Å². The second kappa shape index (κ2) is 16.3. The van der Waals surface area contributed by atoms with Gasteiger partial charge in [-0.1, -0.05) is 66.7 Å². The van der Waals surface area contributed by atoms with E-state index in [1.54, 1.807) is 4.90 Å². The largest absolute Gasteiger partial charge is 0.494 e. The minimum absolute atomic E-state index is 0.0995. The normalized spacial score (nSPS) is 20.5. The predicted octanol–water partition coefficient (Wildman–Crippen LogP) is 3.72. The van der Waals surface area contributed by atoms with E-state index in [0.717, 1.165) is 41.7 Å². The van der Waals surface area contributed by atoms with Crippen LogP contribution in [0.1, 0.15) is 59.4 Å². The molecule has 4 bridgehead atoms. The molecule has 0 spiro atoms. The third-order valence-electron chi connectivity index (χ3n) is 9.37. The fourth-order valence-corrected chi connectivity index (χ4v) is 6.42. The first kappa shape index (κ1) is 34.3. The first-order chi connectivity index (χ1) is 24.3. The summed E-state index contributed by atoms with van der Waals surface area (Å²) in [7, 11) is 0. The molecule has 3 aromatic carbocycles. The lowest BCUT2D eigenvalue weighted by Gasteiger charge is -2.34. The van der Waals surface area contributed by atoms with E-state index in [4.69, 9.17) is 4.74 Å². The minimum atomic E-state index is -1.27. The van der Waals surface area contributed by atoms with Crippen LogP contribution in [-0.2, 0) is 27.3 Å². The van der Waals surface area contributed by atoms with E-state index in [1.165, 1.54) is 0 Å². The second-order valence-corrected chi connectivity index (χ2v) is 13.0. The summed E-state index contributed by atoms with van der Waals surface area (Å²) in [5, 5.41) is 15.4. The molecule has 50 heavy (non-hydrogen) atoms. The Bertz CT molecular complexity index is 1800. The zero-order valence-electron chi connectivity index (χ0n) is 28.2. The van der Waals surface area contributed by atoms with Crippen LogP contribution in [0.2, 0.25) is 0 Å². The van der Waals surface area contributed by atoms with Gasteiger partial charge in [0.05, 0.1) is 13.0 Å². The number of nitrogens with zero attached hydrogens (tertiary/aromatic N) is 3. The van der Waals surface area contributed by atoms with Crippen molar-refractivity contribution < 1.29 is 23.9 Å². The summed E-state index contributed by atoms with van der Waals surface area (Å²) in [6.45, 7) is 3.81. The van der Waals surface area contributed by atoms with Gasteiger partial charge >= 0.3 is 0 Å². The van der Waals surface area contributed by atoms with Crippen LogP contribution in [0.25, 0.3) is 11.4 Å². The van der Waals surface area contributed by atoms with Crippen molar-refractivity contribution in [2.45, 2.75) is 64.1 Å². The highest BCUT2D eigenvalue weighted by Crippen LogP contribution is 2.23. The zero-order valence-corrected chi connectivity index (χ0v) is 28.2. The van der Waals surface area contributed by atoms with Crippen LogP contribution in [0.15, 0.2) is 78.9 Å². The summed E-state index contributed by atoms with van der Waals surface area (Å²) in [6, 6.07) is 22.5. The summed E-state index contributed by atoms with van der Waals surface area (Å²) in [5.74, 6) is -0.772. The SMILES string of the molecule is Cc1ccc2cc1CNC(=O)[C@H](CCc1ccccc1)NC(=O)[C@@H](NC(=O)c1nc(-c3ccccc3)n[nH]1)CC(=O)N1CCCC(CCO2)C1. The number of hydrogen-bond donors (Lipinski definition) is 4. The quantitative estimate of drug-likeness (QED) is 0.242. The summed E-state index contributed by atoms with van der Waals surface area (Å²) in [6.07, 6.45) is 3.11. The van der Waals surface area contributed by atoms with Gasteiger partial charge in [-0.3, -0.25) is 24.3 Å². The highest BCUT2D eigenvalue weighted by molar-refractivity contribution is 5.98. The highest BCUT2D eigenvalue weighted by Gasteiger charge is 2.32. The molecule has 1 aromatic heterocycles. The van der Waals surface area contributed by atoms with Crippen LogP contribution in [0.3, 0.4) is 0 Å². The predicted molar refractivity (Wildman–Crippen MR) is 187 cm³/mol. The van der Waals surface area contributed by atoms with Crippen molar-refractivity contribution in [1.82, 2.24) is 36.0 Å². The van der Waals surface area contributed by atoms with Crippen LogP contribution >= 0.6 is 0 Å². The van der Waals surface area contributed by atoms with Crippen LogP contribution in [0.5, 0.6) is 5.75 Å². The number of piperidine rings is 1. The molecule has 6 rings (SSSR count). The number of H-pyrrole nitrogens is 1. The fourth-order valence-electron chi connectivity index (χ4n) is 6.42. The van der Waals surface area contributed by atoms with Gasteiger partial charge in [0.1, 0.15) is 17.8 Å². The summed E-state index contributed by atoms with van der Waals surface area (Å²) in [5.41, 5.74) is 3.63. The first-order valence-electron chi connectivity index (χ1n) is 17.2. The Labute approximate surface area is 291 Å². The second-order valence-electron chi connectivity index (χ2n) is 13.0. The van der Waals surface area contributed by atoms with Crippen molar-refractivity contribution in [2.75, 3.05) is 19.7 Å². The standard InChI is InChI=1S/C38H43N7O5/c1-25-14-16-30-21-29(25)23-39-36(47)31(17-15-26-9-4-2-5-10-26)40-37(48)32(22-33(46)45-19-8-11-27(24-45)18-20-50-30)41-38(49)35-42-34(43-44-35)28-12-6-3-7-13-28/h2-7,9-10,12-14,16,21,27,31-32H,8,11,15,17-20,22-24H2,1H3,(H,39,47)(H,40,48)(H,41,49)(H,42,43,44)/t27?,31-,32-/m0/s1. The minimum Gasteiger partial charge on any atom is -0.494 e. The number of aromatic amines is 1. The molecular weight excluding hydrogens is 634 g/mol. The lowest BCUT2D eigenvalue weighted by atomic mass is 9.94. The van der Waals surface area contributed by atoms with Gasteiger partial charge in [0.25, 0.3) is 5.91 Å². The smallest absolute Gasteiger partial charge is 0.289 e. The third kappa shape index (κ3) is 8.93. The Kier molecular flexibility index (Phi) is 11.2. The number of hydrogen-bond acceptors (Lipinski definition) is 7. The number of aromatic nitrogens is 3. The fraction of sp³-hybridized carbons (Fsp3) is 0.368. The molecule has 1 fully saturated rings. The molecule has 12 heteroatoms. The van der Waals surface area contributed by atoms with Gasteiger partial charge < -0.3 is 25.6 Å². The van der Waals surface area contributed by atoms with Gasteiger partial charge in [0.15, 0.2) is 5.82 Å². The number of nitrogens with one attached hydrogen (secondary N) is 4. The summed E-state index contributed by atoms with van der Waals surface area (Å²) < 4.78 is 6.11. The summed E-state index contributed by atoms with van der Waals surface area (Å²) in [4.78, 5) is 61.1. The maximum atomic E-state index is 14.0. The van der Waals surface area contributed by atoms with E-state index < -0.39 is 23.9 Å². The van der Waals surface area contributed by atoms with Crippen LogP contribution in [-0.4, -0.2) is 75.5 Å². The monoisotopic (exact) mass is 677 g/mol. The van der Waals surface area contributed by atoms with E-state index in [2.05, 4.69) is 31.1 Å². The molecule has 3 heterocycles. The third-order valence-corrected chi connectivity index (χ3v) is 9.37. The molecule has 0 radical (unpaired) electrons. The molecular formula is C38H43N7O5. The lowest BCUT2D eigenvalue weighted by molar-refractivity contribution is -0.137. The molecule has 0 saturated carbocycles.